The van der Waals surface area contributed by atoms with Gasteiger partial charge in [-0.25, -0.2) is 4.39 Å². The van der Waals surface area contributed by atoms with Gasteiger partial charge in [0, 0.05) is 0 Å². The van der Waals surface area contributed by atoms with Gasteiger partial charge in [0.1, 0.15) is 5.82 Å². The highest BCUT2D eigenvalue weighted by Crippen LogP contribution is 2.24. The summed E-state index contributed by atoms with van der Waals surface area (Å²) in [6.45, 7) is 1.38. The van der Waals surface area contributed by atoms with Crippen LogP contribution in [-0.2, 0) is 10.4 Å². The van der Waals surface area contributed by atoms with Crippen LogP contribution in [0.25, 0.3) is 0 Å². The fourth-order valence-corrected chi connectivity index (χ4v) is 1.21. The van der Waals surface area contributed by atoms with Crippen molar-refractivity contribution < 1.29 is 19.4 Å². The quantitative estimate of drug-likeness (QED) is 0.773. The van der Waals surface area contributed by atoms with Crippen molar-refractivity contribution in [2.24, 2.45) is 0 Å². The van der Waals surface area contributed by atoms with Crippen LogP contribution in [0.4, 0.5) is 4.39 Å². The fourth-order valence-electron chi connectivity index (χ4n) is 1.21. The average Bonchev–Trinajstić information content (AvgIpc) is 2.02. The summed E-state index contributed by atoms with van der Waals surface area (Å²) in [6.07, 6.45) is -0.404. The molecule has 1 rings (SSSR count). The molecular weight excluding hydrogens is 187 g/mol. The molecule has 0 aliphatic heterocycles. The first-order chi connectivity index (χ1) is 6.42. The summed E-state index contributed by atoms with van der Waals surface area (Å²) in [7, 11) is 0. The van der Waals surface area contributed by atoms with Crippen LogP contribution in [0.15, 0.2) is 24.3 Å². The van der Waals surface area contributed by atoms with Crippen molar-refractivity contribution in [1.29, 1.82) is 0 Å². The fraction of sp³-hybridized carbons (Fsp3) is 0.300. The molecule has 0 saturated carbocycles. The second-order valence-electron chi connectivity index (χ2n) is 3.35. The van der Waals surface area contributed by atoms with E-state index in [4.69, 9.17) is 5.11 Å². The number of carbonyl (C=O) groups is 1. The number of hydrogen-bond acceptors (Lipinski definition) is 2. The minimum Gasteiger partial charge on any atom is -0.481 e. The summed E-state index contributed by atoms with van der Waals surface area (Å²) >= 11 is 0. The summed E-state index contributed by atoms with van der Waals surface area (Å²) in [6, 6.07) is 5.12. The van der Waals surface area contributed by atoms with Gasteiger partial charge in [-0.3, -0.25) is 4.79 Å². The zero-order valence-corrected chi connectivity index (χ0v) is 7.70. The van der Waals surface area contributed by atoms with E-state index in [9.17, 15) is 14.3 Å². The number of aliphatic hydroxyl groups is 1. The van der Waals surface area contributed by atoms with Crippen molar-refractivity contribution in [2.75, 3.05) is 0 Å². The first kappa shape index (κ1) is 10.7. The standard InChI is InChI=1S/C10H11FO3/c1-10(14,6-9(12)13)7-2-4-8(11)5-3-7/h2-5,14H,6H2,1H3,(H,12,13)/t10-/m0/s1. The number of carboxylic acids is 1. The van der Waals surface area contributed by atoms with Gasteiger partial charge < -0.3 is 10.2 Å². The van der Waals surface area contributed by atoms with Crippen molar-refractivity contribution in [2.45, 2.75) is 18.9 Å². The molecule has 0 amide bonds. The molecule has 3 nitrogen and oxygen atoms in total. The maximum atomic E-state index is 12.5. The monoisotopic (exact) mass is 198 g/mol. The zero-order valence-electron chi connectivity index (χ0n) is 7.70. The predicted molar refractivity (Wildman–Crippen MR) is 48.2 cm³/mol. The van der Waals surface area contributed by atoms with E-state index in [0.717, 1.165) is 0 Å². The van der Waals surface area contributed by atoms with E-state index >= 15 is 0 Å². The minimum atomic E-state index is -1.46. The van der Waals surface area contributed by atoms with E-state index in [-0.39, 0.29) is 0 Å². The van der Waals surface area contributed by atoms with Crippen molar-refractivity contribution in [1.82, 2.24) is 0 Å². The molecule has 0 fully saturated rings. The number of rotatable bonds is 3. The molecule has 0 aromatic heterocycles. The smallest absolute Gasteiger partial charge is 0.306 e. The Hall–Kier alpha value is -1.42. The van der Waals surface area contributed by atoms with Crippen LogP contribution in [0.1, 0.15) is 18.9 Å². The molecule has 1 aromatic carbocycles. The molecule has 1 aromatic rings. The molecular formula is C10H11FO3. The predicted octanol–water partition coefficient (Wildman–Crippen LogP) is 1.51. The van der Waals surface area contributed by atoms with Gasteiger partial charge in [0.25, 0.3) is 0 Å². The van der Waals surface area contributed by atoms with E-state index in [1.807, 2.05) is 0 Å². The van der Waals surface area contributed by atoms with Crippen LogP contribution in [0.2, 0.25) is 0 Å². The van der Waals surface area contributed by atoms with E-state index in [1.165, 1.54) is 31.2 Å². The Balaban J connectivity index is 2.91. The summed E-state index contributed by atoms with van der Waals surface area (Å²) in [5.41, 5.74) is -1.07. The second-order valence-corrected chi connectivity index (χ2v) is 3.35. The molecule has 0 spiro atoms. The second kappa shape index (κ2) is 3.75. The first-order valence-corrected chi connectivity index (χ1v) is 4.12. The number of halogens is 1. The highest BCUT2D eigenvalue weighted by Gasteiger charge is 2.26. The Morgan fingerprint density at radius 3 is 2.36 bits per heavy atom. The lowest BCUT2D eigenvalue weighted by Gasteiger charge is -2.21. The minimum absolute atomic E-state index is 0.390. The molecule has 1 atom stereocenters. The Kier molecular flexibility index (Phi) is 2.86. The number of benzene rings is 1. The van der Waals surface area contributed by atoms with Gasteiger partial charge in [0.2, 0.25) is 0 Å². The highest BCUT2D eigenvalue weighted by atomic mass is 19.1. The topological polar surface area (TPSA) is 57.5 Å². The molecule has 2 N–H and O–H groups in total. The third kappa shape index (κ3) is 2.53. The zero-order chi connectivity index (χ0) is 10.8. The lowest BCUT2D eigenvalue weighted by molar-refractivity contribution is -0.142. The van der Waals surface area contributed by atoms with Crippen LogP contribution >= 0.6 is 0 Å². The van der Waals surface area contributed by atoms with E-state index in [2.05, 4.69) is 0 Å². The van der Waals surface area contributed by atoms with E-state index in [0.29, 0.717) is 5.56 Å². The third-order valence-corrected chi connectivity index (χ3v) is 1.96. The molecule has 0 bridgehead atoms. The average molecular weight is 198 g/mol. The Labute approximate surface area is 80.8 Å². The maximum Gasteiger partial charge on any atom is 0.306 e. The van der Waals surface area contributed by atoms with Crippen LogP contribution in [0, 0.1) is 5.82 Å². The highest BCUT2D eigenvalue weighted by molar-refractivity contribution is 5.68. The normalized spacial score (nSPS) is 14.8. The van der Waals surface area contributed by atoms with Crippen molar-refractivity contribution in [3.8, 4) is 0 Å². The van der Waals surface area contributed by atoms with Crippen LogP contribution in [0.5, 0.6) is 0 Å². The summed E-state index contributed by atoms with van der Waals surface area (Å²) in [5.74, 6) is -1.51. The number of carboxylic acid groups (broad SMARTS) is 1. The molecule has 0 heterocycles. The third-order valence-electron chi connectivity index (χ3n) is 1.96. The van der Waals surface area contributed by atoms with Gasteiger partial charge >= 0.3 is 5.97 Å². The summed E-state index contributed by atoms with van der Waals surface area (Å²) in [4.78, 5) is 10.4. The van der Waals surface area contributed by atoms with E-state index in [1.54, 1.807) is 0 Å². The largest absolute Gasteiger partial charge is 0.481 e. The van der Waals surface area contributed by atoms with Gasteiger partial charge in [0.15, 0.2) is 0 Å². The van der Waals surface area contributed by atoms with Crippen molar-refractivity contribution in [3.05, 3.63) is 35.6 Å². The number of hydrogen-bond donors (Lipinski definition) is 2. The van der Waals surface area contributed by atoms with Gasteiger partial charge in [-0.05, 0) is 24.6 Å². The molecule has 4 heteroatoms. The summed E-state index contributed by atoms with van der Waals surface area (Å²) < 4.78 is 12.5. The lowest BCUT2D eigenvalue weighted by atomic mass is 9.93. The summed E-state index contributed by atoms with van der Waals surface area (Å²) in [5, 5.41) is 18.3. The SMILES string of the molecule is C[C@](O)(CC(=O)O)c1ccc(F)cc1. The molecule has 0 aliphatic rings. The van der Waals surface area contributed by atoms with Gasteiger partial charge in [-0.2, -0.15) is 0 Å². The number of aliphatic carboxylic acids is 1. The van der Waals surface area contributed by atoms with Crippen molar-refractivity contribution >= 4 is 5.97 Å². The van der Waals surface area contributed by atoms with E-state index < -0.39 is 23.8 Å². The van der Waals surface area contributed by atoms with Crippen LogP contribution in [-0.4, -0.2) is 16.2 Å². The molecule has 0 radical (unpaired) electrons. The molecule has 14 heavy (non-hydrogen) atoms. The Morgan fingerprint density at radius 2 is 1.93 bits per heavy atom. The van der Waals surface area contributed by atoms with Gasteiger partial charge in [-0.15, -0.1) is 0 Å². The van der Waals surface area contributed by atoms with Crippen molar-refractivity contribution in [3.63, 3.8) is 0 Å². The first-order valence-electron chi connectivity index (χ1n) is 4.12. The van der Waals surface area contributed by atoms with Crippen LogP contribution < -0.4 is 0 Å². The van der Waals surface area contributed by atoms with Gasteiger partial charge in [0.05, 0.1) is 12.0 Å². The molecule has 0 aliphatic carbocycles. The van der Waals surface area contributed by atoms with Crippen LogP contribution in [0.3, 0.4) is 0 Å². The Morgan fingerprint density at radius 1 is 1.43 bits per heavy atom. The molecule has 0 saturated heterocycles. The lowest BCUT2D eigenvalue weighted by Crippen LogP contribution is -2.24. The molecule has 76 valence electrons. The Bertz CT molecular complexity index is 330. The molecule has 0 unspecified atom stereocenters. The maximum absolute atomic E-state index is 12.5. The van der Waals surface area contributed by atoms with Gasteiger partial charge in [-0.1, -0.05) is 12.1 Å².